The summed E-state index contributed by atoms with van der Waals surface area (Å²) in [5.41, 5.74) is 3.72. The summed E-state index contributed by atoms with van der Waals surface area (Å²) in [6.45, 7) is 0.361. The lowest BCUT2D eigenvalue weighted by Gasteiger charge is -2.50. The number of carbonyl (C=O) groups excluding carboxylic acids is 3. The summed E-state index contributed by atoms with van der Waals surface area (Å²) in [6.07, 6.45) is 0.179. The molecule has 1 amide bonds. The summed E-state index contributed by atoms with van der Waals surface area (Å²) in [4.78, 5) is 43.1. The second-order valence-corrected chi connectivity index (χ2v) is 12.0. The van der Waals surface area contributed by atoms with Crippen molar-refractivity contribution in [1.29, 1.82) is 0 Å². The van der Waals surface area contributed by atoms with Gasteiger partial charge in [0.05, 0.1) is 11.6 Å². The molecule has 0 heterocycles. The molecule has 13 nitrogen and oxygen atoms in total. The minimum atomic E-state index is -2.71. The topological polar surface area (TPSA) is 217 Å². The van der Waals surface area contributed by atoms with Crippen LogP contribution in [0.4, 0.5) is 5.69 Å². The van der Waals surface area contributed by atoms with Crippen molar-refractivity contribution in [3.63, 3.8) is 0 Å². The first-order chi connectivity index (χ1) is 20.6. The van der Waals surface area contributed by atoms with Crippen LogP contribution in [0.3, 0.4) is 0 Å². The van der Waals surface area contributed by atoms with Gasteiger partial charge in [0.1, 0.15) is 22.8 Å². The minimum Gasteiger partial charge on any atom is -0.510 e. The number of aliphatic hydroxyl groups is 3. The molecule has 234 valence electrons. The highest BCUT2D eigenvalue weighted by atomic mass is 16.3. The molecule has 13 heteroatoms. The molecule has 0 saturated heterocycles. The number of primary amides is 1. The van der Waals surface area contributed by atoms with E-state index in [1.165, 1.54) is 17.0 Å². The molecule has 2 aromatic carbocycles. The SMILES string of the molecule is CN(C)c1cc(CNCc2ccc(O)c(O)c2)c(O)c2c1C[C@H]1CC3C(N(C)C)C(O)=C(C(N)=O)C(=O)[C@@]3(O)C(O)=C1C2=O. The molecule has 5 rings (SSSR count). The number of aliphatic hydroxyl groups excluding tert-OH is 2. The molecule has 0 radical (unpaired) electrons. The fourth-order valence-electron chi connectivity index (χ4n) is 6.91. The zero-order valence-electron chi connectivity index (χ0n) is 24.7. The average Bonchev–Trinajstić information content (AvgIpc) is 2.93. The third kappa shape index (κ3) is 4.55. The minimum absolute atomic E-state index is 0.00216. The maximum Gasteiger partial charge on any atom is 0.255 e. The van der Waals surface area contributed by atoms with Crippen LogP contribution < -0.4 is 16.0 Å². The van der Waals surface area contributed by atoms with Gasteiger partial charge in [-0.2, -0.15) is 0 Å². The van der Waals surface area contributed by atoms with E-state index in [1.807, 2.05) is 0 Å². The fourth-order valence-corrected chi connectivity index (χ4v) is 6.91. The van der Waals surface area contributed by atoms with Gasteiger partial charge in [0.25, 0.3) is 5.91 Å². The normalized spacial score (nSPS) is 24.7. The predicted molar refractivity (Wildman–Crippen MR) is 158 cm³/mol. The van der Waals surface area contributed by atoms with Gasteiger partial charge in [0.15, 0.2) is 22.9 Å². The van der Waals surface area contributed by atoms with Gasteiger partial charge in [-0.15, -0.1) is 0 Å². The fraction of sp³-hybridized carbons (Fsp3) is 0.387. The largest absolute Gasteiger partial charge is 0.510 e. The van der Waals surface area contributed by atoms with Crippen molar-refractivity contribution in [3.05, 3.63) is 69.2 Å². The standard InChI is InChI=1S/C31H36N4O9/c1-34(2)18-10-15(12-33-11-13-5-6-19(36)20(37)7-13)25(38)22-16(18)8-14-9-17-24(35(3)4)27(40)23(30(32)43)29(42)31(17,44)28(41)21(14)26(22)39/h5-7,10,14,17,24,33,36-38,40-41,44H,8-9,11-12H2,1-4H3,(H2,32,43)/t14-,17?,24?,31-/m0/s1. The van der Waals surface area contributed by atoms with Crippen molar-refractivity contribution >= 4 is 23.2 Å². The number of hydrogen-bond donors (Lipinski definition) is 8. The van der Waals surface area contributed by atoms with Crippen molar-refractivity contribution < 1.29 is 45.0 Å². The Kier molecular flexibility index (Phi) is 7.60. The smallest absolute Gasteiger partial charge is 0.255 e. The number of phenolic OH excluding ortho intramolecular Hbond substituents is 3. The number of nitrogens with zero attached hydrogens (tertiary/aromatic N) is 2. The molecule has 0 aliphatic heterocycles. The van der Waals surface area contributed by atoms with Gasteiger partial charge in [0.2, 0.25) is 5.78 Å². The Labute approximate surface area is 253 Å². The van der Waals surface area contributed by atoms with E-state index in [4.69, 9.17) is 5.73 Å². The molecule has 0 fully saturated rings. The molecular formula is C31H36N4O9. The van der Waals surface area contributed by atoms with Crippen LogP contribution in [0.1, 0.15) is 33.5 Å². The Balaban J connectivity index is 1.58. The number of fused-ring (bicyclic) bond motifs is 3. The Bertz CT molecular complexity index is 1660. The Hall–Kier alpha value is -4.59. The van der Waals surface area contributed by atoms with Crippen molar-refractivity contribution in [1.82, 2.24) is 10.2 Å². The van der Waals surface area contributed by atoms with Crippen molar-refractivity contribution in [3.8, 4) is 17.2 Å². The van der Waals surface area contributed by atoms with Crippen LogP contribution in [-0.4, -0.2) is 92.8 Å². The van der Waals surface area contributed by atoms with Crippen LogP contribution in [0.2, 0.25) is 0 Å². The molecule has 9 N–H and O–H groups in total. The summed E-state index contributed by atoms with van der Waals surface area (Å²) < 4.78 is 0. The molecule has 3 aliphatic rings. The molecule has 0 aromatic heterocycles. The van der Waals surface area contributed by atoms with E-state index < -0.39 is 58.0 Å². The van der Waals surface area contributed by atoms with Crippen molar-refractivity contribution in [2.45, 2.75) is 37.6 Å². The number of nitrogens with two attached hydrogens (primary N) is 1. The Morgan fingerprint density at radius 3 is 2.30 bits per heavy atom. The third-order valence-electron chi connectivity index (χ3n) is 8.94. The summed E-state index contributed by atoms with van der Waals surface area (Å²) >= 11 is 0. The van der Waals surface area contributed by atoms with Crippen LogP contribution in [0.5, 0.6) is 17.2 Å². The Morgan fingerprint density at radius 1 is 1.02 bits per heavy atom. The quantitative estimate of drug-likeness (QED) is 0.162. The highest BCUT2D eigenvalue weighted by Crippen LogP contribution is 2.53. The predicted octanol–water partition coefficient (Wildman–Crippen LogP) is 0.888. The van der Waals surface area contributed by atoms with Crippen LogP contribution >= 0.6 is 0 Å². The third-order valence-corrected chi connectivity index (χ3v) is 8.94. The molecule has 44 heavy (non-hydrogen) atoms. The number of carbonyl (C=O) groups is 3. The van der Waals surface area contributed by atoms with E-state index in [2.05, 4.69) is 5.32 Å². The second-order valence-electron chi connectivity index (χ2n) is 12.0. The molecule has 3 aliphatic carbocycles. The molecule has 2 unspecified atom stereocenters. The van der Waals surface area contributed by atoms with Crippen LogP contribution in [0.25, 0.3) is 0 Å². The molecular weight excluding hydrogens is 572 g/mol. The maximum atomic E-state index is 14.1. The highest BCUT2D eigenvalue weighted by Gasteiger charge is 2.63. The van der Waals surface area contributed by atoms with E-state index in [-0.39, 0.29) is 54.3 Å². The maximum absolute atomic E-state index is 14.1. The number of hydrogen-bond acceptors (Lipinski definition) is 12. The number of phenols is 3. The van der Waals surface area contributed by atoms with E-state index in [1.54, 1.807) is 45.2 Å². The molecule has 0 spiro atoms. The number of likely N-dealkylation sites (N-methyl/N-ethyl adjacent to an activating group) is 1. The van der Waals surface area contributed by atoms with Gasteiger partial charge in [-0.1, -0.05) is 6.07 Å². The zero-order chi connectivity index (χ0) is 32.4. The van der Waals surface area contributed by atoms with Gasteiger partial charge < -0.3 is 46.6 Å². The number of amides is 1. The number of aromatic hydroxyl groups is 3. The van der Waals surface area contributed by atoms with E-state index in [9.17, 15) is 45.0 Å². The first-order valence-electron chi connectivity index (χ1n) is 14.0. The monoisotopic (exact) mass is 608 g/mol. The number of nitrogens with one attached hydrogen (secondary N) is 1. The van der Waals surface area contributed by atoms with Crippen LogP contribution in [0, 0.1) is 11.8 Å². The number of anilines is 1. The van der Waals surface area contributed by atoms with Crippen molar-refractivity contribution in [2.24, 2.45) is 17.6 Å². The summed E-state index contributed by atoms with van der Waals surface area (Å²) in [6, 6.07) is 5.05. The van der Waals surface area contributed by atoms with Gasteiger partial charge in [0, 0.05) is 49.9 Å². The average molecular weight is 609 g/mol. The summed E-state index contributed by atoms with van der Waals surface area (Å²) in [5.74, 6) is -7.51. The summed E-state index contributed by atoms with van der Waals surface area (Å²) in [7, 11) is 6.73. The van der Waals surface area contributed by atoms with Gasteiger partial charge in [-0.3, -0.25) is 19.3 Å². The van der Waals surface area contributed by atoms with Crippen LogP contribution in [0.15, 0.2) is 46.9 Å². The van der Waals surface area contributed by atoms with E-state index in [0.29, 0.717) is 22.4 Å². The molecule has 0 bridgehead atoms. The van der Waals surface area contributed by atoms with Crippen molar-refractivity contribution in [2.75, 3.05) is 33.1 Å². The van der Waals surface area contributed by atoms with Crippen LogP contribution in [-0.2, 0) is 29.1 Å². The van der Waals surface area contributed by atoms with Gasteiger partial charge in [-0.25, -0.2) is 0 Å². The first kappa shape index (κ1) is 30.9. The molecule has 2 aromatic rings. The molecule has 4 atom stereocenters. The zero-order valence-corrected chi connectivity index (χ0v) is 24.7. The van der Waals surface area contributed by atoms with Gasteiger partial charge in [-0.05, 0) is 62.2 Å². The summed E-state index contributed by atoms with van der Waals surface area (Å²) in [5, 5.41) is 68.1. The van der Waals surface area contributed by atoms with E-state index in [0.717, 1.165) is 0 Å². The Morgan fingerprint density at radius 2 is 1.70 bits per heavy atom. The van der Waals surface area contributed by atoms with E-state index >= 15 is 0 Å². The highest BCUT2D eigenvalue weighted by molar-refractivity contribution is 6.25. The number of benzene rings is 2. The number of Topliss-reactive ketones (excluding diaryl/α,β-unsaturated/α-hetero) is 2. The first-order valence-corrected chi connectivity index (χ1v) is 14.0. The second kappa shape index (κ2) is 10.8. The lowest BCUT2D eigenvalue weighted by Crippen LogP contribution is -2.63. The number of allylic oxidation sites excluding steroid dienone is 1. The lowest BCUT2D eigenvalue weighted by atomic mass is 9.58. The number of ketones is 2. The number of rotatable bonds is 7. The van der Waals surface area contributed by atoms with Gasteiger partial charge >= 0.3 is 0 Å². The lowest BCUT2D eigenvalue weighted by molar-refractivity contribution is -0.148. The molecule has 0 saturated carbocycles.